The number of Topliss-reactive ketones (excluding diaryl/α,β-unsaturated/α-hetero) is 1. The zero-order valence-corrected chi connectivity index (χ0v) is 13.0. The van der Waals surface area contributed by atoms with E-state index in [2.05, 4.69) is 13.8 Å². The van der Waals surface area contributed by atoms with Crippen LogP contribution in [0.15, 0.2) is 12.1 Å². The molecule has 2 heteroatoms. The highest BCUT2D eigenvalue weighted by atomic mass is 16.3. The number of phenolic OH excluding ortho intramolecular Hbond substituents is 1. The average Bonchev–Trinajstić information content (AvgIpc) is 2.74. The molecule has 1 aromatic rings. The molecule has 0 radical (unpaired) electrons. The van der Waals surface area contributed by atoms with Gasteiger partial charge >= 0.3 is 0 Å². The van der Waals surface area contributed by atoms with E-state index in [4.69, 9.17) is 0 Å². The average molecular weight is 284 g/mol. The van der Waals surface area contributed by atoms with E-state index in [-0.39, 0.29) is 5.41 Å². The molecular weight excluding hydrogens is 260 g/mol. The van der Waals surface area contributed by atoms with Gasteiger partial charge in [0.05, 0.1) is 0 Å². The Bertz CT molecular complexity index is 618. The second-order valence-corrected chi connectivity index (χ2v) is 7.67. The summed E-state index contributed by atoms with van der Waals surface area (Å²) < 4.78 is 0. The first-order valence-electron chi connectivity index (χ1n) is 8.36. The van der Waals surface area contributed by atoms with Crippen molar-refractivity contribution in [3.8, 4) is 5.75 Å². The Kier molecular flexibility index (Phi) is 2.76. The smallest absolute Gasteiger partial charge is 0.139 e. The Balaban J connectivity index is 1.77. The largest absolute Gasteiger partial charge is 0.508 e. The van der Waals surface area contributed by atoms with E-state index in [1.807, 2.05) is 12.1 Å². The molecule has 4 rings (SSSR count). The maximum atomic E-state index is 12.3. The van der Waals surface area contributed by atoms with E-state index in [9.17, 15) is 9.90 Å². The van der Waals surface area contributed by atoms with E-state index in [1.54, 1.807) is 0 Å². The lowest BCUT2D eigenvalue weighted by Crippen LogP contribution is -2.42. The number of hydrogen-bond acceptors (Lipinski definition) is 2. The number of ketones is 1. The van der Waals surface area contributed by atoms with Gasteiger partial charge in [-0.1, -0.05) is 6.92 Å². The number of benzene rings is 1. The van der Waals surface area contributed by atoms with Gasteiger partial charge in [0.25, 0.3) is 0 Å². The van der Waals surface area contributed by atoms with Crippen LogP contribution in [0.2, 0.25) is 0 Å². The van der Waals surface area contributed by atoms with E-state index in [0.717, 1.165) is 32.1 Å². The molecule has 0 heterocycles. The number of aromatic hydroxyl groups is 1. The van der Waals surface area contributed by atoms with Gasteiger partial charge in [0, 0.05) is 11.8 Å². The first-order valence-corrected chi connectivity index (χ1v) is 8.36. The van der Waals surface area contributed by atoms with Crippen LogP contribution in [0.1, 0.15) is 61.6 Å². The third-order valence-corrected chi connectivity index (χ3v) is 6.72. The molecule has 0 saturated heterocycles. The summed E-state index contributed by atoms with van der Waals surface area (Å²) >= 11 is 0. The predicted octanol–water partition coefficient (Wildman–Crippen LogP) is 4.13. The normalized spacial score (nSPS) is 37.8. The van der Waals surface area contributed by atoms with Crippen molar-refractivity contribution in [2.75, 3.05) is 0 Å². The fourth-order valence-corrected chi connectivity index (χ4v) is 5.73. The molecule has 112 valence electrons. The van der Waals surface area contributed by atoms with Crippen LogP contribution in [-0.2, 0) is 11.2 Å². The first-order chi connectivity index (χ1) is 10.0. The van der Waals surface area contributed by atoms with Crippen molar-refractivity contribution >= 4 is 5.78 Å². The zero-order valence-electron chi connectivity index (χ0n) is 13.0. The van der Waals surface area contributed by atoms with Crippen molar-refractivity contribution in [3.05, 3.63) is 28.8 Å². The summed E-state index contributed by atoms with van der Waals surface area (Å²) in [7, 11) is 0. The summed E-state index contributed by atoms with van der Waals surface area (Å²) in [6.07, 6.45) is 6.34. The van der Waals surface area contributed by atoms with Crippen LogP contribution in [0.5, 0.6) is 5.75 Å². The fraction of sp³-hybridized carbons (Fsp3) is 0.632. The number of carbonyl (C=O) groups excluding carboxylic acids is 1. The molecule has 0 amide bonds. The molecule has 2 fully saturated rings. The third kappa shape index (κ3) is 1.74. The van der Waals surface area contributed by atoms with Crippen molar-refractivity contribution in [1.82, 2.24) is 0 Å². The number of phenols is 1. The number of rotatable bonds is 0. The second kappa shape index (κ2) is 4.34. The Hall–Kier alpha value is -1.31. The summed E-state index contributed by atoms with van der Waals surface area (Å²) in [4.78, 5) is 12.3. The fourth-order valence-electron chi connectivity index (χ4n) is 5.73. The van der Waals surface area contributed by atoms with E-state index in [0.29, 0.717) is 29.3 Å². The van der Waals surface area contributed by atoms with Gasteiger partial charge in [-0.15, -0.1) is 0 Å². The number of aryl methyl sites for hydroxylation is 2. The van der Waals surface area contributed by atoms with E-state index >= 15 is 0 Å². The van der Waals surface area contributed by atoms with Gasteiger partial charge < -0.3 is 5.11 Å². The third-order valence-electron chi connectivity index (χ3n) is 6.72. The molecule has 0 aliphatic heterocycles. The molecule has 3 aliphatic rings. The van der Waals surface area contributed by atoms with Crippen molar-refractivity contribution in [2.45, 2.75) is 58.3 Å². The Morgan fingerprint density at radius 3 is 2.81 bits per heavy atom. The van der Waals surface area contributed by atoms with Crippen LogP contribution in [-0.4, -0.2) is 10.9 Å². The monoisotopic (exact) mass is 284 g/mol. The van der Waals surface area contributed by atoms with Gasteiger partial charge in [0.2, 0.25) is 0 Å². The van der Waals surface area contributed by atoms with Gasteiger partial charge in [-0.3, -0.25) is 4.79 Å². The van der Waals surface area contributed by atoms with Gasteiger partial charge in [-0.05, 0) is 85.6 Å². The summed E-state index contributed by atoms with van der Waals surface area (Å²) in [6.45, 7) is 4.36. The SMILES string of the molecule is Cc1cc(O)cc2c1[C@H]1CC[C@@]3(C)C(=O)CC[C@@H]3[C@@H]1CC2. The molecule has 2 saturated carbocycles. The highest BCUT2D eigenvalue weighted by molar-refractivity contribution is 5.87. The first kappa shape index (κ1) is 13.4. The highest BCUT2D eigenvalue weighted by Gasteiger charge is 2.54. The lowest BCUT2D eigenvalue weighted by atomic mass is 9.55. The molecule has 0 aromatic heterocycles. The summed E-state index contributed by atoms with van der Waals surface area (Å²) in [6, 6.07) is 3.88. The Morgan fingerprint density at radius 1 is 1.19 bits per heavy atom. The standard InChI is InChI=1S/C19H24O2/c1-11-9-13(20)10-12-3-4-14-15(18(11)12)7-8-19(2)16(14)5-6-17(19)21/h9-10,14-16,20H,3-8H2,1-2H3/t14-,15+,16-,19-/m1/s1. The van der Waals surface area contributed by atoms with Crippen molar-refractivity contribution in [1.29, 1.82) is 0 Å². The van der Waals surface area contributed by atoms with Crippen LogP contribution in [0.4, 0.5) is 0 Å². The van der Waals surface area contributed by atoms with E-state index in [1.165, 1.54) is 23.1 Å². The molecule has 0 unspecified atom stereocenters. The number of hydrogen-bond donors (Lipinski definition) is 1. The summed E-state index contributed by atoms with van der Waals surface area (Å²) in [5.41, 5.74) is 4.04. The lowest BCUT2D eigenvalue weighted by Gasteiger charge is -2.48. The van der Waals surface area contributed by atoms with Crippen molar-refractivity contribution in [2.24, 2.45) is 17.3 Å². The molecule has 2 nitrogen and oxygen atoms in total. The minimum Gasteiger partial charge on any atom is -0.508 e. The molecule has 1 aromatic carbocycles. The van der Waals surface area contributed by atoms with Crippen molar-refractivity contribution in [3.63, 3.8) is 0 Å². The molecule has 0 bridgehead atoms. The maximum Gasteiger partial charge on any atom is 0.139 e. The summed E-state index contributed by atoms with van der Waals surface area (Å²) in [5, 5.41) is 9.85. The van der Waals surface area contributed by atoms with Crippen molar-refractivity contribution < 1.29 is 9.90 Å². The van der Waals surface area contributed by atoms with Crippen LogP contribution < -0.4 is 0 Å². The molecule has 3 aliphatic carbocycles. The van der Waals surface area contributed by atoms with Gasteiger partial charge in [-0.2, -0.15) is 0 Å². The summed E-state index contributed by atoms with van der Waals surface area (Å²) in [5.74, 6) is 2.79. The van der Waals surface area contributed by atoms with Crippen LogP contribution in [0, 0.1) is 24.2 Å². The molecule has 21 heavy (non-hydrogen) atoms. The minimum absolute atomic E-state index is 0.0382. The van der Waals surface area contributed by atoms with Gasteiger partial charge in [0.1, 0.15) is 11.5 Å². The Labute approximate surface area is 126 Å². The molecule has 0 spiro atoms. The highest BCUT2D eigenvalue weighted by Crippen LogP contribution is 2.60. The number of carbonyl (C=O) groups is 1. The molecule has 1 N–H and O–H groups in total. The number of fused-ring (bicyclic) bond motifs is 5. The zero-order chi connectivity index (χ0) is 14.8. The Morgan fingerprint density at radius 2 is 2.00 bits per heavy atom. The topological polar surface area (TPSA) is 37.3 Å². The van der Waals surface area contributed by atoms with Crippen LogP contribution >= 0.6 is 0 Å². The minimum atomic E-state index is -0.0382. The van der Waals surface area contributed by atoms with E-state index < -0.39 is 0 Å². The quantitative estimate of drug-likeness (QED) is 0.778. The van der Waals surface area contributed by atoms with Crippen LogP contribution in [0.25, 0.3) is 0 Å². The lowest BCUT2D eigenvalue weighted by molar-refractivity contribution is -0.129. The molecular formula is C19H24O2. The van der Waals surface area contributed by atoms with Crippen LogP contribution in [0.3, 0.4) is 0 Å². The van der Waals surface area contributed by atoms with Gasteiger partial charge in [-0.25, -0.2) is 0 Å². The van der Waals surface area contributed by atoms with Gasteiger partial charge in [0.15, 0.2) is 0 Å². The second-order valence-electron chi connectivity index (χ2n) is 7.67. The molecule has 4 atom stereocenters. The predicted molar refractivity (Wildman–Crippen MR) is 82.5 cm³/mol. The maximum absolute atomic E-state index is 12.3.